The van der Waals surface area contributed by atoms with Crippen molar-refractivity contribution in [1.82, 2.24) is 9.97 Å². The lowest BCUT2D eigenvalue weighted by Crippen LogP contribution is -2.40. The largest absolute Gasteiger partial charge is 0.335 e. The number of nitrogens with zero attached hydrogens (tertiary/aromatic N) is 2. The number of imidazole rings is 1. The molecule has 1 N–H and O–H groups in total. The highest BCUT2D eigenvalue weighted by atomic mass is 35.5. The normalized spacial score (nSPS) is 20.6. The molecule has 0 bridgehead atoms. The summed E-state index contributed by atoms with van der Waals surface area (Å²) in [6.45, 7) is 3.54. The van der Waals surface area contributed by atoms with Crippen LogP contribution in [0.3, 0.4) is 0 Å². The van der Waals surface area contributed by atoms with E-state index in [1.54, 1.807) is 20.1 Å². The predicted molar refractivity (Wildman–Crippen MR) is 106 cm³/mol. The number of ketones is 2. The van der Waals surface area contributed by atoms with Gasteiger partial charge < -0.3 is 4.98 Å². The Balaban J connectivity index is 1.89. The van der Waals surface area contributed by atoms with Crippen LogP contribution in [0.2, 0.25) is 0 Å². The first kappa shape index (κ1) is 17.9. The van der Waals surface area contributed by atoms with Gasteiger partial charge in [-0.1, -0.05) is 30.3 Å². The molecule has 5 nitrogen and oxygen atoms in total. The van der Waals surface area contributed by atoms with Crippen molar-refractivity contribution in [3.63, 3.8) is 0 Å². The zero-order valence-corrected chi connectivity index (χ0v) is 16.0. The van der Waals surface area contributed by atoms with Gasteiger partial charge in [-0.3, -0.25) is 14.6 Å². The summed E-state index contributed by atoms with van der Waals surface area (Å²) in [5, 5.41) is 0. The average Bonchev–Trinajstić information content (AvgIpc) is 3.11. The summed E-state index contributed by atoms with van der Waals surface area (Å²) in [7, 11) is 0. The maximum atomic E-state index is 13.2. The van der Waals surface area contributed by atoms with E-state index in [0.717, 1.165) is 5.56 Å². The van der Waals surface area contributed by atoms with Gasteiger partial charge in [0.25, 0.3) is 0 Å². The highest BCUT2D eigenvalue weighted by Crippen LogP contribution is 2.41. The third-order valence-corrected chi connectivity index (χ3v) is 5.42. The Kier molecular flexibility index (Phi) is 4.35. The van der Waals surface area contributed by atoms with Crippen molar-refractivity contribution in [3.8, 4) is 11.4 Å². The molecular weight excluding hydrogens is 362 g/mol. The number of rotatable bonds is 4. The zero-order valence-electron chi connectivity index (χ0n) is 15.3. The Morgan fingerprint density at radius 1 is 1.19 bits per heavy atom. The number of fused-ring (bicyclic) bond motifs is 2. The van der Waals surface area contributed by atoms with Crippen molar-refractivity contribution in [1.29, 1.82) is 0 Å². The van der Waals surface area contributed by atoms with Crippen LogP contribution < -0.4 is 0 Å². The highest BCUT2D eigenvalue weighted by molar-refractivity contribution is 6.30. The molecular formula is C21H20ClN3O2. The molecule has 0 fully saturated rings. The third-order valence-electron chi connectivity index (χ3n) is 5.15. The number of aliphatic imine (C=N–C) groups is 1. The molecule has 0 saturated heterocycles. The summed E-state index contributed by atoms with van der Waals surface area (Å²) in [6, 6.07) is 9.62. The molecule has 27 heavy (non-hydrogen) atoms. The Hall–Kier alpha value is -2.53. The van der Waals surface area contributed by atoms with Crippen LogP contribution in [-0.4, -0.2) is 39.2 Å². The van der Waals surface area contributed by atoms with Gasteiger partial charge in [0.1, 0.15) is 22.8 Å². The molecule has 0 saturated carbocycles. The van der Waals surface area contributed by atoms with Crippen molar-refractivity contribution in [3.05, 3.63) is 47.3 Å². The fourth-order valence-electron chi connectivity index (χ4n) is 3.68. The maximum absolute atomic E-state index is 13.2. The Morgan fingerprint density at radius 3 is 2.63 bits per heavy atom. The van der Waals surface area contributed by atoms with E-state index in [-0.39, 0.29) is 11.6 Å². The topological polar surface area (TPSA) is 75.2 Å². The molecule has 1 aliphatic heterocycles. The van der Waals surface area contributed by atoms with E-state index in [4.69, 9.17) is 11.6 Å². The number of aromatic nitrogens is 2. The number of carbonyl (C=O) groups is 2. The van der Waals surface area contributed by atoms with Crippen molar-refractivity contribution >= 4 is 35.0 Å². The lowest BCUT2D eigenvalue weighted by molar-refractivity contribution is -0.119. The molecule has 1 atom stereocenters. The Bertz CT molecular complexity index is 986. The molecule has 2 aromatic rings. The molecule has 0 spiro atoms. The number of hydrogen-bond donors (Lipinski definition) is 1. The van der Waals surface area contributed by atoms with E-state index >= 15 is 0 Å². The molecule has 2 heterocycles. The van der Waals surface area contributed by atoms with Gasteiger partial charge in [-0.2, -0.15) is 0 Å². The summed E-state index contributed by atoms with van der Waals surface area (Å²) < 4.78 is 0. The molecule has 1 aromatic heterocycles. The SMILES string of the molecule is CC1(C)N=CC2=C(C1=O)C(CCCCl)C(=O)c1[nH]c(-c3ccccc3)nc12. The number of nitrogens with one attached hydrogen (secondary N) is 1. The van der Waals surface area contributed by atoms with Gasteiger partial charge in [0.05, 0.1) is 5.92 Å². The van der Waals surface area contributed by atoms with Crippen LogP contribution in [-0.2, 0) is 4.79 Å². The summed E-state index contributed by atoms with van der Waals surface area (Å²) in [5.41, 5.74) is 2.18. The van der Waals surface area contributed by atoms with Gasteiger partial charge in [-0.05, 0) is 26.7 Å². The predicted octanol–water partition coefficient (Wildman–Crippen LogP) is 4.09. The van der Waals surface area contributed by atoms with E-state index in [2.05, 4.69) is 15.0 Å². The van der Waals surface area contributed by atoms with Gasteiger partial charge in [-0.25, -0.2) is 4.98 Å². The Morgan fingerprint density at radius 2 is 1.93 bits per heavy atom. The van der Waals surface area contributed by atoms with Crippen molar-refractivity contribution in [2.45, 2.75) is 32.2 Å². The quantitative estimate of drug-likeness (QED) is 0.810. The number of allylic oxidation sites excluding steroid dienone is 1. The summed E-state index contributed by atoms with van der Waals surface area (Å²) >= 11 is 5.86. The lowest BCUT2D eigenvalue weighted by atomic mass is 9.73. The number of carbonyl (C=O) groups excluding carboxylic acids is 2. The average molecular weight is 382 g/mol. The summed E-state index contributed by atoms with van der Waals surface area (Å²) in [6.07, 6.45) is 2.90. The first-order chi connectivity index (χ1) is 12.9. The molecule has 4 rings (SSSR count). The number of dihydropyridines is 1. The number of benzene rings is 1. The fourth-order valence-corrected chi connectivity index (χ4v) is 3.84. The van der Waals surface area contributed by atoms with Crippen molar-refractivity contribution in [2.24, 2.45) is 10.9 Å². The number of alkyl halides is 1. The summed E-state index contributed by atoms with van der Waals surface area (Å²) in [4.78, 5) is 38.6. The van der Waals surface area contributed by atoms with Crippen LogP contribution in [0.1, 0.15) is 42.9 Å². The second-order valence-electron chi connectivity index (χ2n) is 7.40. The molecule has 2 aliphatic rings. The van der Waals surface area contributed by atoms with E-state index < -0.39 is 11.5 Å². The van der Waals surface area contributed by atoms with Gasteiger partial charge in [0, 0.05) is 28.8 Å². The minimum atomic E-state index is -0.867. The highest BCUT2D eigenvalue weighted by Gasteiger charge is 2.45. The molecule has 0 radical (unpaired) electrons. The molecule has 138 valence electrons. The number of halogens is 1. The first-order valence-corrected chi connectivity index (χ1v) is 9.57. The van der Waals surface area contributed by atoms with Crippen LogP contribution in [0.5, 0.6) is 0 Å². The number of hydrogen-bond acceptors (Lipinski definition) is 4. The van der Waals surface area contributed by atoms with E-state index in [1.807, 2.05) is 30.3 Å². The minimum Gasteiger partial charge on any atom is -0.335 e. The maximum Gasteiger partial charge on any atom is 0.188 e. The van der Waals surface area contributed by atoms with E-state index in [9.17, 15) is 9.59 Å². The number of Topliss-reactive ketones (excluding diaryl/α,β-unsaturated/α-hetero) is 2. The molecule has 1 aromatic carbocycles. The minimum absolute atomic E-state index is 0.0944. The lowest BCUT2D eigenvalue weighted by Gasteiger charge is -2.32. The first-order valence-electron chi connectivity index (χ1n) is 9.04. The van der Waals surface area contributed by atoms with Crippen LogP contribution in [0.25, 0.3) is 17.0 Å². The van der Waals surface area contributed by atoms with E-state index in [1.165, 1.54) is 0 Å². The van der Waals surface area contributed by atoms with Gasteiger partial charge >= 0.3 is 0 Å². The number of aromatic amines is 1. The molecule has 1 unspecified atom stereocenters. The smallest absolute Gasteiger partial charge is 0.188 e. The van der Waals surface area contributed by atoms with Crippen molar-refractivity contribution < 1.29 is 9.59 Å². The van der Waals surface area contributed by atoms with Gasteiger partial charge in [-0.15, -0.1) is 11.6 Å². The standard InChI is InChI=1S/C21H20ClN3O2/c1-21(2)19(27)15-13(9-6-10-22)18(26)17-16(14(15)11-23-21)24-20(25-17)12-7-4-3-5-8-12/h3-5,7-8,11,13H,6,9-10H2,1-2H3,(H,24,25). The van der Waals surface area contributed by atoms with Crippen LogP contribution in [0, 0.1) is 5.92 Å². The molecule has 1 aliphatic carbocycles. The monoisotopic (exact) mass is 381 g/mol. The number of H-pyrrole nitrogens is 1. The Labute approximate surface area is 162 Å². The molecule has 6 heteroatoms. The third kappa shape index (κ3) is 2.86. The van der Waals surface area contributed by atoms with Crippen LogP contribution in [0.15, 0.2) is 40.9 Å². The summed E-state index contributed by atoms with van der Waals surface area (Å²) in [5.74, 6) is 0.354. The van der Waals surface area contributed by atoms with Crippen molar-refractivity contribution in [2.75, 3.05) is 5.88 Å². The van der Waals surface area contributed by atoms with Gasteiger partial charge in [0.15, 0.2) is 11.6 Å². The molecule has 0 amide bonds. The van der Waals surface area contributed by atoms with Crippen LogP contribution in [0.4, 0.5) is 0 Å². The van der Waals surface area contributed by atoms with Crippen LogP contribution >= 0.6 is 11.6 Å². The zero-order chi connectivity index (χ0) is 19.2. The second-order valence-corrected chi connectivity index (χ2v) is 7.77. The van der Waals surface area contributed by atoms with Gasteiger partial charge in [0.2, 0.25) is 0 Å². The second kappa shape index (κ2) is 6.57. The fraction of sp³-hybridized carbons (Fsp3) is 0.333. The van der Waals surface area contributed by atoms with E-state index in [0.29, 0.717) is 47.1 Å².